The summed E-state index contributed by atoms with van der Waals surface area (Å²) < 4.78 is 0. The predicted molar refractivity (Wildman–Crippen MR) is 58.0 cm³/mol. The summed E-state index contributed by atoms with van der Waals surface area (Å²) >= 11 is 0. The van der Waals surface area contributed by atoms with Crippen molar-refractivity contribution in [1.82, 2.24) is 5.32 Å². The van der Waals surface area contributed by atoms with Crippen molar-refractivity contribution in [3.8, 4) is 0 Å². The summed E-state index contributed by atoms with van der Waals surface area (Å²) in [6, 6.07) is 8.72. The van der Waals surface area contributed by atoms with Gasteiger partial charge in [-0.25, -0.2) is 0 Å². The van der Waals surface area contributed by atoms with Crippen LogP contribution in [-0.2, 0) is 6.42 Å². The van der Waals surface area contributed by atoms with E-state index in [0.717, 1.165) is 19.5 Å². The second kappa shape index (κ2) is 5.76. The lowest BCUT2D eigenvalue weighted by Crippen LogP contribution is -2.17. The Labute approximate surface area is 81.2 Å². The van der Waals surface area contributed by atoms with Crippen molar-refractivity contribution in [3.05, 3.63) is 35.4 Å². The SMILES string of the molecule is CCCNCCc1cccc(C)c1. The highest BCUT2D eigenvalue weighted by Gasteiger charge is 1.92. The standard InChI is InChI=1S/C12H19N/c1-3-8-13-9-7-12-6-4-5-11(2)10-12/h4-6,10,13H,3,7-9H2,1-2H3. The normalized spacial score (nSPS) is 10.3. The van der Waals surface area contributed by atoms with Gasteiger partial charge in [0.15, 0.2) is 0 Å². The number of aryl methyl sites for hydroxylation is 1. The van der Waals surface area contributed by atoms with Gasteiger partial charge in [-0.3, -0.25) is 0 Å². The zero-order chi connectivity index (χ0) is 9.52. The van der Waals surface area contributed by atoms with E-state index in [-0.39, 0.29) is 0 Å². The van der Waals surface area contributed by atoms with E-state index in [4.69, 9.17) is 0 Å². The summed E-state index contributed by atoms with van der Waals surface area (Å²) in [5, 5.41) is 3.40. The van der Waals surface area contributed by atoms with E-state index < -0.39 is 0 Å². The minimum absolute atomic E-state index is 1.09. The van der Waals surface area contributed by atoms with Crippen LogP contribution in [0.5, 0.6) is 0 Å². The van der Waals surface area contributed by atoms with Crippen molar-refractivity contribution in [1.29, 1.82) is 0 Å². The monoisotopic (exact) mass is 177 g/mol. The van der Waals surface area contributed by atoms with Gasteiger partial charge >= 0.3 is 0 Å². The summed E-state index contributed by atoms with van der Waals surface area (Å²) in [5.74, 6) is 0. The summed E-state index contributed by atoms with van der Waals surface area (Å²) in [5.41, 5.74) is 2.79. The summed E-state index contributed by atoms with van der Waals surface area (Å²) in [6.45, 7) is 6.56. The van der Waals surface area contributed by atoms with Crippen molar-refractivity contribution < 1.29 is 0 Å². The van der Waals surface area contributed by atoms with Crippen molar-refractivity contribution in [2.45, 2.75) is 26.7 Å². The Morgan fingerprint density at radius 3 is 2.77 bits per heavy atom. The summed E-state index contributed by atoms with van der Waals surface area (Å²) in [6.07, 6.45) is 2.36. The molecule has 1 rings (SSSR count). The van der Waals surface area contributed by atoms with Crippen LogP contribution in [0.15, 0.2) is 24.3 Å². The van der Waals surface area contributed by atoms with Crippen LogP contribution >= 0.6 is 0 Å². The first-order chi connectivity index (χ1) is 6.33. The molecule has 13 heavy (non-hydrogen) atoms. The molecule has 0 aromatic heterocycles. The first kappa shape index (κ1) is 10.3. The van der Waals surface area contributed by atoms with Crippen LogP contribution < -0.4 is 5.32 Å². The Bertz CT molecular complexity index is 243. The van der Waals surface area contributed by atoms with Gasteiger partial charge in [-0.15, -0.1) is 0 Å². The van der Waals surface area contributed by atoms with Gasteiger partial charge in [-0.1, -0.05) is 36.8 Å². The molecule has 0 spiro atoms. The maximum atomic E-state index is 3.40. The number of rotatable bonds is 5. The molecule has 0 unspecified atom stereocenters. The lowest BCUT2D eigenvalue weighted by Gasteiger charge is -2.03. The van der Waals surface area contributed by atoms with Gasteiger partial charge in [0.1, 0.15) is 0 Å². The molecule has 0 heterocycles. The fourth-order valence-electron chi connectivity index (χ4n) is 1.40. The topological polar surface area (TPSA) is 12.0 Å². The molecule has 1 aromatic carbocycles. The fourth-order valence-corrected chi connectivity index (χ4v) is 1.40. The molecule has 1 nitrogen and oxygen atoms in total. The molecule has 0 saturated carbocycles. The molecule has 1 aromatic rings. The zero-order valence-electron chi connectivity index (χ0n) is 8.64. The average molecular weight is 177 g/mol. The molecule has 72 valence electrons. The highest BCUT2D eigenvalue weighted by molar-refractivity contribution is 5.22. The molecule has 0 bridgehead atoms. The van der Waals surface area contributed by atoms with Gasteiger partial charge in [0.2, 0.25) is 0 Å². The predicted octanol–water partition coefficient (Wildman–Crippen LogP) is 2.54. The molecule has 1 heteroatoms. The highest BCUT2D eigenvalue weighted by atomic mass is 14.8. The lowest BCUT2D eigenvalue weighted by molar-refractivity contribution is 0.671. The van der Waals surface area contributed by atoms with E-state index >= 15 is 0 Å². The first-order valence-corrected chi connectivity index (χ1v) is 5.09. The minimum Gasteiger partial charge on any atom is -0.316 e. The van der Waals surface area contributed by atoms with Crippen LogP contribution in [0.4, 0.5) is 0 Å². The third-order valence-corrected chi connectivity index (χ3v) is 2.10. The molecule has 0 radical (unpaired) electrons. The van der Waals surface area contributed by atoms with Gasteiger partial charge in [0.25, 0.3) is 0 Å². The average Bonchev–Trinajstić information content (AvgIpc) is 2.13. The van der Waals surface area contributed by atoms with Crippen LogP contribution in [0.3, 0.4) is 0 Å². The number of hydrogen-bond acceptors (Lipinski definition) is 1. The molecule has 0 aliphatic carbocycles. The molecular weight excluding hydrogens is 158 g/mol. The van der Waals surface area contributed by atoms with Crippen molar-refractivity contribution in [3.63, 3.8) is 0 Å². The number of hydrogen-bond donors (Lipinski definition) is 1. The van der Waals surface area contributed by atoms with E-state index in [0.29, 0.717) is 0 Å². The molecule has 0 atom stereocenters. The molecule has 0 saturated heterocycles. The maximum absolute atomic E-state index is 3.40. The van der Waals surface area contributed by atoms with Crippen molar-refractivity contribution in [2.24, 2.45) is 0 Å². The summed E-state index contributed by atoms with van der Waals surface area (Å²) in [4.78, 5) is 0. The molecule has 0 fully saturated rings. The maximum Gasteiger partial charge on any atom is -0.000835 e. The Morgan fingerprint density at radius 2 is 2.08 bits per heavy atom. The van der Waals surface area contributed by atoms with Crippen molar-refractivity contribution in [2.75, 3.05) is 13.1 Å². The minimum atomic E-state index is 1.09. The van der Waals surface area contributed by atoms with Crippen LogP contribution in [0, 0.1) is 6.92 Å². The molecular formula is C12H19N. The van der Waals surface area contributed by atoms with Crippen LogP contribution in [0.1, 0.15) is 24.5 Å². The van der Waals surface area contributed by atoms with Gasteiger partial charge < -0.3 is 5.32 Å². The smallest absolute Gasteiger partial charge is 0.000835 e. The van der Waals surface area contributed by atoms with E-state index in [1.165, 1.54) is 17.5 Å². The molecule has 0 aliphatic rings. The molecule has 1 N–H and O–H groups in total. The second-order valence-electron chi connectivity index (χ2n) is 3.49. The Hall–Kier alpha value is -0.820. The third-order valence-electron chi connectivity index (χ3n) is 2.10. The number of benzene rings is 1. The first-order valence-electron chi connectivity index (χ1n) is 5.09. The largest absolute Gasteiger partial charge is 0.316 e. The second-order valence-corrected chi connectivity index (χ2v) is 3.49. The molecule has 0 aliphatic heterocycles. The number of nitrogens with one attached hydrogen (secondary N) is 1. The van der Waals surface area contributed by atoms with Crippen LogP contribution in [0.2, 0.25) is 0 Å². The Balaban J connectivity index is 2.28. The van der Waals surface area contributed by atoms with E-state index in [9.17, 15) is 0 Å². The fraction of sp³-hybridized carbons (Fsp3) is 0.500. The van der Waals surface area contributed by atoms with Crippen LogP contribution in [0.25, 0.3) is 0 Å². The zero-order valence-corrected chi connectivity index (χ0v) is 8.64. The summed E-state index contributed by atoms with van der Waals surface area (Å²) in [7, 11) is 0. The van der Waals surface area contributed by atoms with Gasteiger partial charge in [-0.05, 0) is 38.4 Å². The lowest BCUT2D eigenvalue weighted by atomic mass is 10.1. The van der Waals surface area contributed by atoms with E-state index in [1.807, 2.05) is 0 Å². The van der Waals surface area contributed by atoms with Crippen molar-refractivity contribution >= 4 is 0 Å². The van der Waals surface area contributed by atoms with Gasteiger partial charge in [0.05, 0.1) is 0 Å². The van der Waals surface area contributed by atoms with Gasteiger partial charge in [-0.2, -0.15) is 0 Å². The van der Waals surface area contributed by atoms with E-state index in [1.54, 1.807) is 0 Å². The quantitative estimate of drug-likeness (QED) is 0.681. The van der Waals surface area contributed by atoms with Crippen LogP contribution in [-0.4, -0.2) is 13.1 Å². The molecule has 0 amide bonds. The Kier molecular flexibility index (Phi) is 4.55. The third kappa shape index (κ3) is 4.09. The highest BCUT2D eigenvalue weighted by Crippen LogP contribution is 2.03. The Morgan fingerprint density at radius 1 is 1.23 bits per heavy atom. The van der Waals surface area contributed by atoms with E-state index in [2.05, 4.69) is 43.4 Å². The van der Waals surface area contributed by atoms with Gasteiger partial charge in [0, 0.05) is 0 Å².